The molecule has 1 saturated heterocycles. The average Bonchev–Trinajstić information content (AvgIpc) is 3.19. The zero-order chi connectivity index (χ0) is 38.5. The van der Waals surface area contributed by atoms with Gasteiger partial charge in [0.2, 0.25) is 5.91 Å². The minimum Gasteiger partial charge on any atom is -0.334 e. The fourth-order valence-corrected chi connectivity index (χ4v) is 8.16. The summed E-state index contributed by atoms with van der Waals surface area (Å²) >= 11 is 1.16. The van der Waals surface area contributed by atoms with Crippen molar-refractivity contribution in [1.82, 2.24) is 14.4 Å². The standard InChI is InChI=1S/C44H38F5N3O2S/c45-38-11-6-9-34(43(38)46)29-55-42-25-40(53)37-10-4-5-12-39(37)52(42)28-41(54)51(36-21-23-50(24-22-36)26-30-7-2-1-3-8-30)27-31-13-15-32(16-14-31)33-17-19-35(20-18-33)44(47,48)49/h1-20,25,36H,21-24,26-29H2. The molecule has 5 aromatic carbocycles. The quantitative estimate of drug-likeness (QED) is 0.0973. The van der Waals surface area contributed by atoms with Gasteiger partial charge in [0.05, 0.1) is 16.1 Å². The zero-order valence-corrected chi connectivity index (χ0v) is 30.6. The van der Waals surface area contributed by atoms with Crippen molar-refractivity contribution in [2.45, 2.75) is 55.5 Å². The Hall–Kier alpha value is -5.26. The molecule has 0 aliphatic carbocycles. The molecule has 1 aromatic heterocycles. The molecular formula is C44H38F5N3O2S. The van der Waals surface area contributed by atoms with E-state index < -0.39 is 23.4 Å². The first-order valence-corrected chi connectivity index (χ1v) is 19.0. The lowest BCUT2D eigenvalue weighted by atomic mass is 9.99. The number of piperidine rings is 1. The first-order chi connectivity index (χ1) is 26.5. The molecule has 1 aliphatic rings. The van der Waals surface area contributed by atoms with Crippen LogP contribution in [-0.2, 0) is 36.4 Å². The Morgan fingerprint density at radius 1 is 0.764 bits per heavy atom. The summed E-state index contributed by atoms with van der Waals surface area (Å²) in [4.78, 5) is 32.1. The van der Waals surface area contributed by atoms with E-state index in [2.05, 4.69) is 17.0 Å². The van der Waals surface area contributed by atoms with E-state index in [1.165, 1.54) is 35.9 Å². The normalized spacial score (nSPS) is 14.0. The van der Waals surface area contributed by atoms with Crippen LogP contribution in [0.15, 0.2) is 137 Å². The molecule has 1 fully saturated rings. The van der Waals surface area contributed by atoms with Crippen LogP contribution in [0.5, 0.6) is 0 Å². The van der Waals surface area contributed by atoms with Gasteiger partial charge >= 0.3 is 6.18 Å². The fourth-order valence-electron chi connectivity index (χ4n) is 7.13. The Morgan fingerprint density at radius 2 is 1.42 bits per heavy atom. The van der Waals surface area contributed by atoms with E-state index >= 15 is 0 Å². The number of carbonyl (C=O) groups is 1. The van der Waals surface area contributed by atoms with Crippen LogP contribution < -0.4 is 5.43 Å². The number of alkyl halides is 3. The Bertz CT molecular complexity index is 2320. The Labute approximate surface area is 320 Å². The molecule has 11 heteroatoms. The SMILES string of the molecule is O=C(Cn1c(SCc2cccc(F)c2F)cc(=O)c2ccccc21)N(Cc1ccc(-c2ccc(C(F)(F)F)cc2)cc1)C1CCN(Cc2ccccc2)CC1. The summed E-state index contributed by atoms with van der Waals surface area (Å²) in [5.74, 6) is -2.03. The predicted octanol–water partition coefficient (Wildman–Crippen LogP) is 9.95. The van der Waals surface area contributed by atoms with Gasteiger partial charge in [-0.25, -0.2) is 8.78 Å². The van der Waals surface area contributed by atoms with Crippen LogP contribution in [0.4, 0.5) is 22.0 Å². The van der Waals surface area contributed by atoms with Gasteiger partial charge in [-0.15, -0.1) is 11.8 Å². The Balaban J connectivity index is 1.16. The zero-order valence-electron chi connectivity index (χ0n) is 29.8. The number of hydrogen-bond donors (Lipinski definition) is 0. The second-order valence-electron chi connectivity index (χ2n) is 13.7. The number of thioether (sulfide) groups is 1. The molecule has 0 bridgehead atoms. The second-order valence-corrected chi connectivity index (χ2v) is 14.7. The number of carbonyl (C=O) groups excluding carboxylic acids is 1. The monoisotopic (exact) mass is 767 g/mol. The van der Waals surface area contributed by atoms with Crippen LogP contribution in [0.1, 0.15) is 35.1 Å². The van der Waals surface area contributed by atoms with E-state index in [1.54, 1.807) is 28.8 Å². The molecule has 0 unspecified atom stereocenters. The van der Waals surface area contributed by atoms with Gasteiger partial charge in [-0.05, 0) is 65.4 Å². The number of halogens is 5. The second kappa shape index (κ2) is 16.6. The van der Waals surface area contributed by atoms with Gasteiger partial charge < -0.3 is 9.47 Å². The molecule has 0 N–H and O–H groups in total. The van der Waals surface area contributed by atoms with Crippen molar-refractivity contribution in [3.63, 3.8) is 0 Å². The van der Waals surface area contributed by atoms with Crippen LogP contribution in [-0.4, -0.2) is 39.4 Å². The largest absolute Gasteiger partial charge is 0.416 e. The molecule has 0 spiro atoms. The minimum atomic E-state index is -4.42. The highest BCUT2D eigenvalue weighted by atomic mass is 32.2. The minimum absolute atomic E-state index is 0.0461. The first kappa shape index (κ1) is 38.0. The molecule has 7 rings (SSSR count). The van der Waals surface area contributed by atoms with E-state index in [9.17, 15) is 31.5 Å². The fraction of sp³-hybridized carbons (Fsp3) is 0.227. The number of rotatable bonds is 11. The van der Waals surface area contributed by atoms with E-state index in [0.29, 0.717) is 28.0 Å². The van der Waals surface area contributed by atoms with Gasteiger partial charge in [0, 0.05) is 55.0 Å². The van der Waals surface area contributed by atoms with Crippen molar-refractivity contribution in [3.8, 4) is 11.1 Å². The third-order valence-corrected chi connectivity index (χ3v) is 11.2. The molecule has 0 saturated carbocycles. The number of hydrogen-bond acceptors (Lipinski definition) is 4. The van der Waals surface area contributed by atoms with Crippen LogP contribution in [0, 0.1) is 11.6 Å². The lowest BCUT2D eigenvalue weighted by Gasteiger charge is -2.39. The summed E-state index contributed by atoms with van der Waals surface area (Å²) in [7, 11) is 0. The molecule has 282 valence electrons. The van der Waals surface area contributed by atoms with Crippen LogP contribution in [0.2, 0.25) is 0 Å². The van der Waals surface area contributed by atoms with E-state index in [4.69, 9.17) is 0 Å². The Kier molecular flexibility index (Phi) is 11.5. The number of likely N-dealkylation sites (tertiary alicyclic amines) is 1. The summed E-state index contributed by atoms with van der Waals surface area (Å²) in [5.41, 5.74) is 3.22. The Morgan fingerprint density at radius 3 is 2.11 bits per heavy atom. The van der Waals surface area contributed by atoms with Crippen LogP contribution in [0.25, 0.3) is 22.0 Å². The van der Waals surface area contributed by atoms with Crippen molar-refractivity contribution in [2.75, 3.05) is 13.1 Å². The van der Waals surface area contributed by atoms with Crippen molar-refractivity contribution in [3.05, 3.63) is 172 Å². The number of benzene rings is 5. The number of nitrogens with zero attached hydrogens (tertiary/aromatic N) is 3. The molecule has 0 atom stereocenters. The smallest absolute Gasteiger partial charge is 0.334 e. The van der Waals surface area contributed by atoms with Crippen LogP contribution in [0.3, 0.4) is 0 Å². The van der Waals surface area contributed by atoms with Gasteiger partial charge in [0.1, 0.15) is 6.54 Å². The number of pyridine rings is 1. The summed E-state index contributed by atoms with van der Waals surface area (Å²) in [6, 6.07) is 35.1. The van der Waals surface area contributed by atoms with Gasteiger partial charge in [-0.2, -0.15) is 13.2 Å². The molecule has 0 radical (unpaired) electrons. The third kappa shape index (κ3) is 9.01. The highest BCUT2D eigenvalue weighted by Crippen LogP contribution is 2.32. The van der Waals surface area contributed by atoms with Gasteiger partial charge in [0.25, 0.3) is 0 Å². The maximum atomic E-state index is 14.6. The average molecular weight is 768 g/mol. The number of fused-ring (bicyclic) bond motifs is 1. The summed E-state index contributed by atoms with van der Waals surface area (Å²) in [6.07, 6.45) is -2.93. The lowest BCUT2D eigenvalue weighted by Crippen LogP contribution is -2.47. The van der Waals surface area contributed by atoms with Gasteiger partial charge in [-0.1, -0.05) is 91.0 Å². The maximum absolute atomic E-state index is 14.6. The van der Waals surface area contributed by atoms with E-state index in [-0.39, 0.29) is 35.2 Å². The van der Waals surface area contributed by atoms with Crippen molar-refractivity contribution in [1.29, 1.82) is 0 Å². The summed E-state index contributed by atoms with van der Waals surface area (Å²) in [6.45, 7) is 2.59. The predicted molar refractivity (Wildman–Crippen MR) is 206 cm³/mol. The van der Waals surface area contributed by atoms with Crippen molar-refractivity contribution in [2.24, 2.45) is 0 Å². The van der Waals surface area contributed by atoms with E-state index in [0.717, 1.165) is 73.6 Å². The van der Waals surface area contributed by atoms with E-state index in [1.807, 2.05) is 47.4 Å². The van der Waals surface area contributed by atoms with Crippen LogP contribution >= 0.6 is 11.8 Å². The molecule has 55 heavy (non-hydrogen) atoms. The number of aromatic nitrogens is 1. The third-order valence-electron chi connectivity index (χ3n) is 10.1. The molecule has 1 aliphatic heterocycles. The van der Waals surface area contributed by atoms with Gasteiger partial charge in [0.15, 0.2) is 17.1 Å². The molecule has 2 heterocycles. The highest BCUT2D eigenvalue weighted by Gasteiger charge is 2.31. The van der Waals surface area contributed by atoms with Gasteiger partial charge in [-0.3, -0.25) is 14.5 Å². The van der Waals surface area contributed by atoms with Crippen molar-refractivity contribution >= 4 is 28.6 Å². The molecule has 6 aromatic rings. The summed E-state index contributed by atoms with van der Waals surface area (Å²) in [5, 5.41) is 0.899. The molecular weight excluding hydrogens is 730 g/mol. The highest BCUT2D eigenvalue weighted by molar-refractivity contribution is 7.98. The number of para-hydroxylation sites is 1. The summed E-state index contributed by atoms with van der Waals surface area (Å²) < 4.78 is 69.9. The lowest BCUT2D eigenvalue weighted by molar-refractivity contribution is -0.137. The van der Waals surface area contributed by atoms with Crippen molar-refractivity contribution < 1.29 is 26.7 Å². The molecule has 5 nitrogen and oxygen atoms in total. The topological polar surface area (TPSA) is 45.6 Å². The first-order valence-electron chi connectivity index (χ1n) is 18.0. The maximum Gasteiger partial charge on any atom is 0.416 e. The number of amides is 1. The molecule has 1 amide bonds.